The Bertz CT molecular complexity index is 2320. The molecule has 14 heteroatoms. The van der Waals surface area contributed by atoms with Crippen LogP contribution in [0.25, 0.3) is 11.6 Å². The summed E-state index contributed by atoms with van der Waals surface area (Å²) in [7, 11) is 6.19. The normalized spacial score (nSPS) is 39.6. The lowest BCUT2D eigenvalue weighted by molar-refractivity contribution is -0.243. The number of nitrogens with zero attached hydrogens (tertiary/aromatic N) is 3. The number of fused-ring (bicyclic) bond motifs is 5. The van der Waals surface area contributed by atoms with Gasteiger partial charge in [-0.2, -0.15) is 0 Å². The van der Waals surface area contributed by atoms with Crippen LogP contribution in [0.1, 0.15) is 76.0 Å². The van der Waals surface area contributed by atoms with Crippen LogP contribution in [0.3, 0.4) is 0 Å². The molecule has 12 atom stereocenters. The Balaban J connectivity index is 1.31. The summed E-state index contributed by atoms with van der Waals surface area (Å²) in [6.45, 7) is 8.44. The van der Waals surface area contributed by atoms with Crippen LogP contribution in [-0.4, -0.2) is 150 Å². The first-order chi connectivity index (χ1) is 30.5. The molecule has 1 spiro atoms. The Morgan fingerprint density at radius 1 is 0.969 bits per heavy atom. The highest BCUT2D eigenvalue weighted by molar-refractivity contribution is 5.91. The van der Waals surface area contributed by atoms with Crippen molar-refractivity contribution in [3.05, 3.63) is 82.1 Å². The van der Waals surface area contributed by atoms with Gasteiger partial charge in [0, 0.05) is 81.8 Å². The molecule has 1 saturated carbocycles. The van der Waals surface area contributed by atoms with E-state index in [2.05, 4.69) is 15.9 Å². The molecule has 5 aliphatic heterocycles. The van der Waals surface area contributed by atoms with Gasteiger partial charge in [0.1, 0.15) is 0 Å². The van der Waals surface area contributed by atoms with E-state index in [1.54, 1.807) is 13.2 Å². The van der Waals surface area contributed by atoms with Crippen molar-refractivity contribution in [2.24, 2.45) is 28.1 Å². The number of methoxy groups -OCH3 is 3. The molecule has 0 aromatic heterocycles. The minimum atomic E-state index is -2.32. The number of carboxylic acids is 1. The first kappa shape index (κ1) is 44.6. The van der Waals surface area contributed by atoms with Crippen LogP contribution in [-0.2, 0) is 44.5 Å². The lowest BCUT2D eigenvalue weighted by Gasteiger charge is -2.63. The van der Waals surface area contributed by atoms with Crippen molar-refractivity contribution in [2.75, 3.05) is 61.1 Å². The largest absolute Gasteiger partial charge is 0.478 e. The van der Waals surface area contributed by atoms with Crippen molar-refractivity contribution in [3.8, 4) is 0 Å². The highest BCUT2D eigenvalue weighted by atomic mass is 16.6. The van der Waals surface area contributed by atoms with Gasteiger partial charge in [-0.25, -0.2) is 9.59 Å². The van der Waals surface area contributed by atoms with Gasteiger partial charge in [-0.3, -0.25) is 19.4 Å². The number of likely N-dealkylation sites (tertiary alicyclic amines) is 1. The number of hydrogen-bond acceptors (Lipinski definition) is 13. The maximum atomic E-state index is 15.6. The molecule has 64 heavy (non-hydrogen) atoms. The third kappa shape index (κ3) is 6.14. The van der Waals surface area contributed by atoms with Gasteiger partial charge in [0.25, 0.3) is 0 Å². The van der Waals surface area contributed by atoms with Crippen molar-refractivity contribution >= 4 is 35.5 Å². The Morgan fingerprint density at radius 2 is 1.73 bits per heavy atom. The van der Waals surface area contributed by atoms with E-state index < -0.39 is 75.5 Å². The molecule has 4 fully saturated rings. The summed E-state index contributed by atoms with van der Waals surface area (Å²) >= 11 is 0. The Hall–Kier alpha value is -4.60. The number of benzene rings is 1. The summed E-state index contributed by atoms with van der Waals surface area (Å²) in [4.78, 5) is 61.4. The Labute approximate surface area is 375 Å². The van der Waals surface area contributed by atoms with Crippen molar-refractivity contribution in [1.82, 2.24) is 14.7 Å². The van der Waals surface area contributed by atoms with Gasteiger partial charge in [-0.15, -0.1) is 0 Å². The van der Waals surface area contributed by atoms with E-state index in [1.807, 2.05) is 62.2 Å². The molecule has 2 bridgehead atoms. The Kier molecular flexibility index (Phi) is 11.0. The molecule has 344 valence electrons. The van der Waals surface area contributed by atoms with E-state index in [0.717, 1.165) is 45.2 Å². The number of ether oxygens (including phenoxy) is 4. The molecule has 3 saturated heterocycles. The van der Waals surface area contributed by atoms with Crippen LogP contribution < -0.4 is 0 Å². The molecule has 3 aliphatic carbocycles. The van der Waals surface area contributed by atoms with Crippen molar-refractivity contribution < 1.29 is 53.4 Å². The number of carbonyl (C=O) groups excluding carboxylic acids is 3. The summed E-state index contributed by atoms with van der Waals surface area (Å²) in [6, 6.07) is 4.70. The van der Waals surface area contributed by atoms with Crippen molar-refractivity contribution in [3.63, 3.8) is 0 Å². The molecule has 3 N–H and O–H groups in total. The second-order valence-corrected chi connectivity index (χ2v) is 19.8. The topological polar surface area (TPSA) is 176 Å². The summed E-state index contributed by atoms with van der Waals surface area (Å²) in [5.74, 6) is -3.71. The van der Waals surface area contributed by atoms with Crippen molar-refractivity contribution in [1.29, 1.82) is 0 Å². The number of likely N-dealkylation sites (N-methyl/N-ethyl adjacent to an activating group) is 1. The summed E-state index contributed by atoms with van der Waals surface area (Å²) < 4.78 is 24.2. The zero-order chi connectivity index (χ0) is 45.7. The molecule has 1 aromatic carbocycles. The fourth-order valence-electron chi connectivity index (χ4n) is 14.7. The third-order valence-corrected chi connectivity index (χ3v) is 16.9. The second kappa shape index (κ2) is 15.8. The predicted molar refractivity (Wildman–Crippen MR) is 236 cm³/mol. The monoisotopic (exact) mass is 881 g/mol. The van der Waals surface area contributed by atoms with Crippen molar-refractivity contribution in [2.45, 2.75) is 101 Å². The summed E-state index contributed by atoms with van der Waals surface area (Å²) in [6.07, 6.45) is 12.6. The lowest BCUT2D eigenvalue weighted by atomic mass is 9.47. The molecule has 14 nitrogen and oxygen atoms in total. The minimum Gasteiger partial charge on any atom is -0.478 e. The zero-order valence-electron chi connectivity index (χ0n) is 38.1. The standard InChI is InChI=1S/C50H63N3O11/c1-8-46(59)25-31-26-49(44(57)62-6,35-22-32-13-11-30(12-14-40(55)56)21-34(32)33(35)15-19-52(27-31)28-46)37-23-36-38(24-39(37)61-5)51(4)42-48(36)17-20-53-18-10-16-47(9-2,41(48)53)43(64-29(3)54)50(42,60)45(58)63-7/h10-14,16,21,23-24,31,37,39,41-43,59-60H,8-9,15,17-20,22,25-28H2,1-7H3,(H,55,56)/b14-12+/t31-,37?,39?,41+,42-,43-,46+,47-,48-,49-,50+/m1/s1. The average Bonchev–Trinajstić information content (AvgIpc) is 3.94. The summed E-state index contributed by atoms with van der Waals surface area (Å²) in [5, 5.41) is 35.0. The van der Waals surface area contributed by atoms with E-state index in [9.17, 15) is 29.7 Å². The van der Waals surface area contributed by atoms with Gasteiger partial charge in [-0.1, -0.05) is 44.2 Å². The van der Waals surface area contributed by atoms with Crippen LogP contribution >= 0.6 is 0 Å². The molecule has 8 aliphatic rings. The number of rotatable bonds is 9. The maximum absolute atomic E-state index is 15.6. The van der Waals surface area contributed by atoms with Crippen LogP contribution in [0.5, 0.6) is 0 Å². The van der Waals surface area contributed by atoms with Crippen LogP contribution in [0, 0.1) is 28.1 Å². The third-order valence-electron chi connectivity index (χ3n) is 16.9. The molecular weight excluding hydrogens is 819 g/mol. The number of carbonyl (C=O) groups is 4. The minimum absolute atomic E-state index is 0.109. The molecular formula is C50H63N3O11. The molecule has 1 aromatic rings. The number of allylic oxidation sites excluding steroid dienone is 1. The average molecular weight is 882 g/mol. The molecule has 0 amide bonds. The number of esters is 3. The van der Waals surface area contributed by atoms with Crippen LogP contribution in [0.15, 0.2) is 65.4 Å². The molecule has 5 heterocycles. The van der Waals surface area contributed by atoms with Gasteiger partial charge < -0.3 is 39.2 Å². The first-order valence-electron chi connectivity index (χ1n) is 22.9. The Morgan fingerprint density at radius 3 is 2.41 bits per heavy atom. The SMILES string of the molecule is CC[C@]1(O)C[C@H]2CN(CCC3=C(Cc4ccc(/C=C/C(=O)O)cc43)[C@@](C(=O)OC)(C3C=C4C(=CC3OC)N(C)[C@H]3[C@@](O)(C(=O)OC)[C@H](OC(C)=O)[C@]5(CC)C=CCN6CC[C@]43[C@@H]65)C2)C1. The fraction of sp³-hybridized carbons (Fsp3) is 0.600. The first-order valence-corrected chi connectivity index (χ1v) is 22.9. The maximum Gasteiger partial charge on any atom is 0.344 e. The lowest BCUT2D eigenvalue weighted by Crippen LogP contribution is -2.79. The highest BCUT2D eigenvalue weighted by Gasteiger charge is 2.81. The highest BCUT2D eigenvalue weighted by Crippen LogP contribution is 2.71. The quantitative estimate of drug-likeness (QED) is 0.140. The number of carboxylic acid groups (broad SMARTS) is 1. The van der Waals surface area contributed by atoms with E-state index in [-0.39, 0.29) is 12.0 Å². The second-order valence-electron chi connectivity index (χ2n) is 19.8. The van der Waals surface area contributed by atoms with Gasteiger partial charge in [-0.05, 0) is 109 Å². The number of aliphatic hydroxyl groups is 2. The van der Waals surface area contributed by atoms with E-state index in [0.29, 0.717) is 77.7 Å². The van der Waals surface area contributed by atoms with Gasteiger partial charge in [0.05, 0.1) is 37.4 Å². The fourth-order valence-corrected chi connectivity index (χ4v) is 14.7. The van der Waals surface area contributed by atoms with Gasteiger partial charge >= 0.3 is 23.9 Å². The summed E-state index contributed by atoms with van der Waals surface area (Å²) in [5.41, 5.74) is -0.182. The predicted octanol–water partition coefficient (Wildman–Crippen LogP) is 4.16. The van der Waals surface area contributed by atoms with Crippen LogP contribution in [0.2, 0.25) is 0 Å². The van der Waals surface area contributed by atoms with E-state index in [1.165, 1.54) is 21.1 Å². The molecule has 3 unspecified atom stereocenters. The van der Waals surface area contributed by atoms with Gasteiger partial charge in [0.15, 0.2) is 6.10 Å². The number of hydrogen-bond donors (Lipinski definition) is 3. The van der Waals surface area contributed by atoms with E-state index in [4.69, 9.17) is 18.9 Å². The molecule has 0 radical (unpaired) electrons. The van der Waals surface area contributed by atoms with Gasteiger partial charge in [0.2, 0.25) is 5.60 Å². The zero-order valence-corrected chi connectivity index (χ0v) is 38.1. The number of piperidine rings is 1. The smallest absolute Gasteiger partial charge is 0.344 e. The van der Waals surface area contributed by atoms with E-state index >= 15 is 4.79 Å². The number of aliphatic carboxylic acids is 1. The van der Waals surface area contributed by atoms with Crippen LogP contribution in [0.4, 0.5) is 0 Å². The molecule has 9 rings (SSSR count).